The van der Waals surface area contributed by atoms with E-state index < -0.39 is 11.9 Å². The van der Waals surface area contributed by atoms with Crippen molar-refractivity contribution >= 4 is 61.2 Å². The van der Waals surface area contributed by atoms with Gasteiger partial charge in [0.1, 0.15) is 11.3 Å². The van der Waals surface area contributed by atoms with Gasteiger partial charge in [0.15, 0.2) is 0 Å². The van der Waals surface area contributed by atoms with E-state index in [1.165, 1.54) is 7.11 Å². The minimum atomic E-state index is -0.551. The SMILES string of the molecule is COC(=O)c1cc(I)ccc1OC(=O)c1ccc2cc(Br)ccc2c1. The molecule has 3 aromatic carbocycles. The zero-order valence-corrected chi connectivity index (χ0v) is 16.8. The summed E-state index contributed by atoms with van der Waals surface area (Å²) in [7, 11) is 1.29. The van der Waals surface area contributed by atoms with Crippen LogP contribution in [0.5, 0.6) is 5.75 Å². The number of carbonyl (C=O) groups excluding carboxylic acids is 2. The lowest BCUT2D eigenvalue weighted by atomic mass is 10.1. The van der Waals surface area contributed by atoms with Crippen LogP contribution in [0.1, 0.15) is 20.7 Å². The number of benzene rings is 3. The topological polar surface area (TPSA) is 52.6 Å². The molecule has 0 saturated carbocycles. The van der Waals surface area contributed by atoms with Crippen LogP contribution in [-0.2, 0) is 4.74 Å². The van der Waals surface area contributed by atoms with Crippen molar-refractivity contribution in [3.8, 4) is 5.75 Å². The second-order valence-corrected chi connectivity index (χ2v) is 7.39. The van der Waals surface area contributed by atoms with E-state index in [2.05, 4.69) is 38.5 Å². The Hall–Kier alpha value is -1.93. The summed E-state index contributed by atoms with van der Waals surface area (Å²) in [5, 5.41) is 1.93. The fraction of sp³-hybridized carbons (Fsp3) is 0.0526. The third kappa shape index (κ3) is 4.01. The number of methoxy groups -OCH3 is 1. The number of hydrogen-bond acceptors (Lipinski definition) is 4. The molecule has 0 amide bonds. The average molecular weight is 511 g/mol. The minimum Gasteiger partial charge on any atom is -0.465 e. The molecule has 0 bridgehead atoms. The highest BCUT2D eigenvalue weighted by Crippen LogP contribution is 2.25. The molecule has 0 fully saturated rings. The van der Waals surface area contributed by atoms with Gasteiger partial charge in [0.2, 0.25) is 0 Å². The summed E-state index contributed by atoms with van der Waals surface area (Å²) in [6.07, 6.45) is 0. The zero-order valence-electron chi connectivity index (χ0n) is 13.1. The van der Waals surface area contributed by atoms with Gasteiger partial charge in [-0.3, -0.25) is 0 Å². The molecule has 25 heavy (non-hydrogen) atoms. The highest BCUT2D eigenvalue weighted by molar-refractivity contribution is 14.1. The quantitative estimate of drug-likeness (QED) is 0.275. The van der Waals surface area contributed by atoms with E-state index in [9.17, 15) is 9.59 Å². The van der Waals surface area contributed by atoms with Gasteiger partial charge in [0.25, 0.3) is 0 Å². The predicted octanol–water partition coefficient (Wildman–Crippen LogP) is 5.21. The number of carbonyl (C=O) groups is 2. The highest BCUT2D eigenvalue weighted by atomic mass is 127. The van der Waals surface area contributed by atoms with E-state index in [-0.39, 0.29) is 11.3 Å². The van der Waals surface area contributed by atoms with Crippen molar-refractivity contribution in [1.29, 1.82) is 0 Å². The van der Waals surface area contributed by atoms with Crippen LogP contribution in [0.15, 0.2) is 59.1 Å². The molecule has 4 nitrogen and oxygen atoms in total. The van der Waals surface area contributed by atoms with Gasteiger partial charge >= 0.3 is 11.9 Å². The Morgan fingerprint density at radius 3 is 2.40 bits per heavy atom. The lowest BCUT2D eigenvalue weighted by molar-refractivity contribution is 0.0593. The third-order valence-corrected chi connectivity index (χ3v) is 4.75. The maximum Gasteiger partial charge on any atom is 0.343 e. The van der Waals surface area contributed by atoms with E-state index >= 15 is 0 Å². The number of hydrogen-bond donors (Lipinski definition) is 0. The van der Waals surface area contributed by atoms with Crippen molar-refractivity contribution in [2.75, 3.05) is 7.11 Å². The number of ether oxygens (including phenoxy) is 2. The monoisotopic (exact) mass is 510 g/mol. The Kier molecular flexibility index (Phi) is 5.39. The van der Waals surface area contributed by atoms with Gasteiger partial charge in [-0.25, -0.2) is 9.59 Å². The fourth-order valence-electron chi connectivity index (χ4n) is 2.36. The van der Waals surface area contributed by atoms with Crippen LogP contribution in [0, 0.1) is 3.57 Å². The lowest BCUT2D eigenvalue weighted by Crippen LogP contribution is -2.12. The van der Waals surface area contributed by atoms with E-state index in [1.807, 2.05) is 24.3 Å². The molecule has 0 atom stereocenters. The zero-order chi connectivity index (χ0) is 18.0. The molecule has 0 aliphatic heterocycles. The second-order valence-electron chi connectivity index (χ2n) is 5.23. The largest absolute Gasteiger partial charge is 0.465 e. The molecule has 3 rings (SSSR count). The number of fused-ring (bicyclic) bond motifs is 1. The lowest BCUT2D eigenvalue weighted by Gasteiger charge is -2.10. The van der Waals surface area contributed by atoms with Gasteiger partial charge in [-0.05, 0) is 75.8 Å². The number of esters is 2. The standard InChI is InChI=1S/C19H12BrIO4/c1-24-19(23)16-10-15(21)6-7-17(16)25-18(22)13-3-2-12-9-14(20)5-4-11(12)8-13/h2-10H,1H3. The van der Waals surface area contributed by atoms with Crippen LogP contribution in [-0.4, -0.2) is 19.0 Å². The number of rotatable bonds is 3. The fourth-order valence-corrected chi connectivity index (χ4v) is 3.23. The van der Waals surface area contributed by atoms with Crippen LogP contribution < -0.4 is 4.74 Å². The van der Waals surface area contributed by atoms with E-state index in [0.717, 1.165) is 18.8 Å². The van der Waals surface area contributed by atoms with Crippen LogP contribution in [0.2, 0.25) is 0 Å². The van der Waals surface area contributed by atoms with Crippen molar-refractivity contribution in [3.05, 3.63) is 73.8 Å². The van der Waals surface area contributed by atoms with Gasteiger partial charge in [-0.15, -0.1) is 0 Å². The summed E-state index contributed by atoms with van der Waals surface area (Å²) in [4.78, 5) is 24.4. The highest BCUT2D eigenvalue weighted by Gasteiger charge is 2.17. The molecule has 0 radical (unpaired) electrons. The first-order chi connectivity index (χ1) is 12.0. The summed E-state index contributed by atoms with van der Waals surface area (Å²) in [6.45, 7) is 0. The molecule has 0 saturated heterocycles. The van der Waals surface area contributed by atoms with Gasteiger partial charge in [0.05, 0.1) is 12.7 Å². The molecule has 0 spiro atoms. The summed E-state index contributed by atoms with van der Waals surface area (Å²) in [5.74, 6) is -0.908. The molecule has 6 heteroatoms. The molecule has 0 aliphatic rings. The van der Waals surface area contributed by atoms with Crippen molar-refractivity contribution in [1.82, 2.24) is 0 Å². The first kappa shape index (κ1) is 17.9. The van der Waals surface area contributed by atoms with Gasteiger partial charge in [-0.2, -0.15) is 0 Å². The minimum absolute atomic E-state index is 0.174. The van der Waals surface area contributed by atoms with Crippen LogP contribution in [0.4, 0.5) is 0 Å². The Bertz CT molecular complexity index is 984. The first-order valence-electron chi connectivity index (χ1n) is 7.27. The molecule has 0 aliphatic carbocycles. The Morgan fingerprint density at radius 1 is 0.920 bits per heavy atom. The van der Waals surface area contributed by atoms with E-state index in [1.54, 1.807) is 30.3 Å². The molecule has 0 heterocycles. The Balaban J connectivity index is 1.92. The maximum absolute atomic E-state index is 12.5. The molecule has 3 aromatic rings. The van der Waals surface area contributed by atoms with Crippen LogP contribution in [0.25, 0.3) is 10.8 Å². The predicted molar refractivity (Wildman–Crippen MR) is 107 cm³/mol. The Labute approximate surface area is 166 Å². The molecule has 0 N–H and O–H groups in total. The van der Waals surface area contributed by atoms with Crippen molar-refractivity contribution in [2.45, 2.75) is 0 Å². The van der Waals surface area contributed by atoms with E-state index in [4.69, 9.17) is 9.47 Å². The normalized spacial score (nSPS) is 10.5. The molecular formula is C19H12BrIO4. The second kappa shape index (κ2) is 7.53. The average Bonchev–Trinajstić information content (AvgIpc) is 2.61. The van der Waals surface area contributed by atoms with Gasteiger partial charge < -0.3 is 9.47 Å². The smallest absolute Gasteiger partial charge is 0.343 e. The van der Waals surface area contributed by atoms with Crippen LogP contribution in [0.3, 0.4) is 0 Å². The molecule has 0 unspecified atom stereocenters. The molecular weight excluding hydrogens is 499 g/mol. The van der Waals surface area contributed by atoms with Gasteiger partial charge in [0, 0.05) is 8.04 Å². The Morgan fingerprint density at radius 2 is 1.64 bits per heavy atom. The van der Waals surface area contributed by atoms with Crippen molar-refractivity contribution < 1.29 is 19.1 Å². The molecule has 0 aromatic heterocycles. The maximum atomic E-state index is 12.5. The summed E-state index contributed by atoms with van der Waals surface area (Å²) < 4.78 is 12.0. The van der Waals surface area contributed by atoms with E-state index in [0.29, 0.717) is 5.56 Å². The van der Waals surface area contributed by atoms with Gasteiger partial charge in [-0.1, -0.05) is 28.1 Å². The summed E-state index contributed by atoms with van der Waals surface area (Å²) in [5.41, 5.74) is 0.622. The molecule has 126 valence electrons. The summed E-state index contributed by atoms with van der Waals surface area (Å²) in [6, 6.07) is 16.1. The summed E-state index contributed by atoms with van der Waals surface area (Å²) >= 11 is 5.50. The number of halogens is 2. The van der Waals surface area contributed by atoms with Crippen LogP contribution >= 0.6 is 38.5 Å². The van der Waals surface area contributed by atoms with Crippen molar-refractivity contribution in [2.24, 2.45) is 0 Å². The first-order valence-corrected chi connectivity index (χ1v) is 9.14. The van der Waals surface area contributed by atoms with Crippen molar-refractivity contribution in [3.63, 3.8) is 0 Å². The third-order valence-electron chi connectivity index (χ3n) is 3.59.